The fraction of sp³-hybridized carbons (Fsp3) is 0.500. The molecule has 0 saturated carbocycles. The number of nitrogens with two attached hydrogens (primary N) is 1. The summed E-state index contributed by atoms with van der Waals surface area (Å²) < 4.78 is 28.4. The molecular formula is C14H20N2O4S. The number of aryl methyl sites for hydroxylation is 2. The summed E-state index contributed by atoms with van der Waals surface area (Å²) in [6, 6.07) is 3.08. The minimum Gasteiger partial charge on any atom is -0.381 e. The summed E-state index contributed by atoms with van der Waals surface area (Å²) >= 11 is 0. The third-order valence-electron chi connectivity index (χ3n) is 3.63. The molecule has 7 heteroatoms. The lowest BCUT2D eigenvalue weighted by atomic mass is 10.0. The van der Waals surface area contributed by atoms with Crippen LogP contribution in [0.25, 0.3) is 0 Å². The molecule has 0 aromatic heterocycles. The molecule has 0 bridgehead atoms. The molecule has 1 aromatic rings. The van der Waals surface area contributed by atoms with Crippen molar-refractivity contribution in [2.45, 2.75) is 37.6 Å². The molecule has 2 rings (SSSR count). The van der Waals surface area contributed by atoms with E-state index in [0.29, 0.717) is 24.3 Å². The van der Waals surface area contributed by atoms with E-state index in [1.54, 1.807) is 19.9 Å². The molecule has 0 unspecified atom stereocenters. The summed E-state index contributed by atoms with van der Waals surface area (Å²) in [5.41, 5.74) is 1.61. The van der Waals surface area contributed by atoms with Gasteiger partial charge in [0.1, 0.15) is 0 Å². The van der Waals surface area contributed by atoms with Gasteiger partial charge in [-0.05, 0) is 43.9 Å². The lowest BCUT2D eigenvalue weighted by molar-refractivity contribution is 0.0696. The maximum Gasteiger partial charge on any atom is 0.251 e. The van der Waals surface area contributed by atoms with Crippen molar-refractivity contribution in [2.24, 2.45) is 5.14 Å². The highest BCUT2D eigenvalue weighted by Crippen LogP contribution is 2.20. The molecule has 1 saturated heterocycles. The second kappa shape index (κ2) is 6.13. The number of rotatable bonds is 3. The summed E-state index contributed by atoms with van der Waals surface area (Å²) in [7, 11) is -3.84. The van der Waals surface area contributed by atoms with Gasteiger partial charge in [0, 0.05) is 24.8 Å². The zero-order valence-corrected chi connectivity index (χ0v) is 13.0. The molecular weight excluding hydrogens is 292 g/mol. The largest absolute Gasteiger partial charge is 0.381 e. The van der Waals surface area contributed by atoms with Gasteiger partial charge in [-0.1, -0.05) is 6.07 Å². The number of primary sulfonamides is 1. The fourth-order valence-electron chi connectivity index (χ4n) is 2.49. The van der Waals surface area contributed by atoms with E-state index in [-0.39, 0.29) is 16.8 Å². The molecule has 116 valence electrons. The van der Waals surface area contributed by atoms with Crippen LogP contribution in [0.15, 0.2) is 17.0 Å². The molecule has 0 radical (unpaired) electrons. The molecule has 21 heavy (non-hydrogen) atoms. The van der Waals surface area contributed by atoms with Crippen molar-refractivity contribution >= 4 is 15.9 Å². The maximum absolute atomic E-state index is 12.3. The summed E-state index contributed by atoms with van der Waals surface area (Å²) in [5, 5.41) is 8.10. The number of carbonyl (C=O) groups excluding carboxylic acids is 1. The first-order chi connectivity index (χ1) is 9.79. The van der Waals surface area contributed by atoms with Crippen LogP contribution in [0.2, 0.25) is 0 Å². The van der Waals surface area contributed by atoms with Gasteiger partial charge in [-0.3, -0.25) is 4.79 Å². The average molecular weight is 312 g/mol. The highest BCUT2D eigenvalue weighted by molar-refractivity contribution is 7.89. The number of carbonyl (C=O) groups is 1. The average Bonchev–Trinajstić information content (AvgIpc) is 2.38. The molecule has 0 aliphatic carbocycles. The Labute approximate surface area is 124 Å². The minimum absolute atomic E-state index is 0.00905. The van der Waals surface area contributed by atoms with Crippen LogP contribution in [-0.4, -0.2) is 33.6 Å². The number of amides is 1. The van der Waals surface area contributed by atoms with Crippen molar-refractivity contribution in [3.05, 3.63) is 28.8 Å². The van der Waals surface area contributed by atoms with Gasteiger partial charge < -0.3 is 10.1 Å². The standard InChI is InChI=1S/C14H20N2O4S/c1-9-7-10(2)13(21(15,18)19)8-12(9)14(17)16-11-3-5-20-6-4-11/h7-8,11H,3-6H2,1-2H3,(H,16,17)(H2,15,18,19). The van der Waals surface area contributed by atoms with Gasteiger partial charge in [0.2, 0.25) is 10.0 Å². The Morgan fingerprint density at radius 2 is 1.86 bits per heavy atom. The Hall–Kier alpha value is -1.44. The van der Waals surface area contributed by atoms with Crippen LogP contribution >= 0.6 is 0 Å². The van der Waals surface area contributed by atoms with E-state index < -0.39 is 10.0 Å². The Kier molecular flexibility index (Phi) is 4.65. The molecule has 1 fully saturated rings. The molecule has 0 spiro atoms. The molecule has 1 aliphatic heterocycles. The Morgan fingerprint density at radius 1 is 1.24 bits per heavy atom. The first-order valence-corrected chi connectivity index (χ1v) is 8.36. The highest BCUT2D eigenvalue weighted by Gasteiger charge is 2.21. The van der Waals surface area contributed by atoms with Gasteiger partial charge in [-0.15, -0.1) is 0 Å². The van der Waals surface area contributed by atoms with Crippen LogP contribution in [0.4, 0.5) is 0 Å². The summed E-state index contributed by atoms with van der Waals surface area (Å²) in [4.78, 5) is 12.3. The summed E-state index contributed by atoms with van der Waals surface area (Å²) in [6.07, 6.45) is 1.53. The third kappa shape index (κ3) is 3.81. The van der Waals surface area contributed by atoms with Crippen LogP contribution in [0, 0.1) is 13.8 Å². The molecule has 6 nitrogen and oxygen atoms in total. The van der Waals surface area contributed by atoms with Gasteiger partial charge in [0.15, 0.2) is 0 Å². The van der Waals surface area contributed by atoms with E-state index in [2.05, 4.69) is 5.32 Å². The van der Waals surface area contributed by atoms with E-state index >= 15 is 0 Å². The fourth-order valence-corrected chi connectivity index (χ4v) is 3.28. The van der Waals surface area contributed by atoms with Crippen molar-refractivity contribution in [3.63, 3.8) is 0 Å². The van der Waals surface area contributed by atoms with E-state index in [9.17, 15) is 13.2 Å². The van der Waals surface area contributed by atoms with Crippen molar-refractivity contribution in [2.75, 3.05) is 13.2 Å². The molecule has 0 atom stereocenters. The second-order valence-corrected chi connectivity index (χ2v) is 6.87. The topological polar surface area (TPSA) is 98.5 Å². The van der Waals surface area contributed by atoms with Crippen molar-refractivity contribution in [1.29, 1.82) is 0 Å². The third-order valence-corrected chi connectivity index (χ3v) is 4.68. The van der Waals surface area contributed by atoms with Crippen LogP contribution < -0.4 is 10.5 Å². The van der Waals surface area contributed by atoms with Gasteiger partial charge in [-0.25, -0.2) is 13.6 Å². The molecule has 1 aromatic carbocycles. The van der Waals surface area contributed by atoms with Gasteiger partial charge >= 0.3 is 0 Å². The van der Waals surface area contributed by atoms with E-state index in [1.165, 1.54) is 6.07 Å². The normalized spacial score (nSPS) is 16.7. The Morgan fingerprint density at radius 3 is 2.43 bits per heavy atom. The number of nitrogens with one attached hydrogen (secondary N) is 1. The predicted molar refractivity (Wildman–Crippen MR) is 78.6 cm³/mol. The predicted octanol–water partition coefficient (Wildman–Crippen LogP) is 0.860. The number of hydrogen-bond donors (Lipinski definition) is 2. The zero-order valence-electron chi connectivity index (χ0n) is 12.2. The lowest BCUT2D eigenvalue weighted by Crippen LogP contribution is -2.39. The van der Waals surface area contributed by atoms with Crippen molar-refractivity contribution in [3.8, 4) is 0 Å². The SMILES string of the molecule is Cc1cc(C)c(S(N)(=O)=O)cc1C(=O)NC1CCOCC1. The summed E-state index contributed by atoms with van der Waals surface area (Å²) in [6.45, 7) is 4.69. The monoisotopic (exact) mass is 312 g/mol. The Bertz CT molecular complexity index is 649. The molecule has 1 heterocycles. The highest BCUT2D eigenvalue weighted by atomic mass is 32.2. The quantitative estimate of drug-likeness (QED) is 0.864. The smallest absolute Gasteiger partial charge is 0.251 e. The zero-order chi connectivity index (χ0) is 15.6. The van der Waals surface area contributed by atoms with Crippen LogP contribution in [-0.2, 0) is 14.8 Å². The maximum atomic E-state index is 12.3. The first kappa shape index (κ1) is 15.9. The van der Waals surface area contributed by atoms with Crippen LogP contribution in [0.5, 0.6) is 0 Å². The Balaban J connectivity index is 2.28. The minimum atomic E-state index is -3.84. The van der Waals surface area contributed by atoms with Gasteiger partial charge in [0.05, 0.1) is 4.90 Å². The number of hydrogen-bond acceptors (Lipinski definition) is 4. The number of sulfonamides is 1. The second-order valence-electron chi connectivity index (χ2n) is 5.34. The van der Waals surface area contributed by atoms with Crippen LogP contribution in [0.3, 0.4) is 0 Å². The molecule has 1 amide bonds. The molecule has 3 N–H and O–H groups in total. The van der Waals surface area contributed by atoms with Gasteiger partial charge in [0.25, 0.3) is 5.91 Å². The van der Waals surface area contributed by atoms with Crippen LogP contribution in [0.1, 0.15) is 34.3 Å². The lowest BCUT2D eigenvalue weighted by Gasteiger charge is -2.23. The number of benzene rings is 1. The molecule has 1 aliphatic rings. The van der Waals surface area contributed by atoms with Crippen molar-refractivity contribution in [1.82, 2.24) is 5.32 Å². The van der Waals surface area contributed by atoms with E-state index in [0.717, 1.165) is 18.4 Å². The van der Waals surface area contributed by atoms with Gasteiger partial charge in [-0.2, -0.15) is 0 Å². The summed E-state index contributed by atoms with van der Waals surface area (Å²) in [5.74, 6) is -0.274. The van der Waals surface area contributed by atoms with Crippen molar-refractivity contribution < 1.29 is 17.9 Å². The first-order valence-electron chi connectivity index (χ1n) is 6.81. The van der Waals surface area contributed by atoms with E-state index in [4.69, 9.17) is 9.88 Å². The van der Waals surface area contributed by atoms with E-state index in [1.807, 2.05) is 0 Å². The number of ether oxygens (including phenoxy) is 1.